The first-order chi connectivity index (χ1) is 12.1. The van der Waals surface area contributed by atoms with Crippen molar-refractivity contribution in [1.29, 1.82) is 0 Å². The molecule has 0 spiro atoms. The summed E-state index contributed by atoms with van der Waals surface area (Å²) in [7, 11) is 0. The molecule has 140 valence electrons. The average molecular weight is 385 g/mol. The second-order valence-corrected chi connectivity index (χ2v) is 6.41. The quantitative estimate of drug-likeness (QED) is 0.551. The van der Waals surface area contributed by atoms with Gasteiger partial charge in [0.1, 0.15) is 12.4 Å². The zero-order valence-electron chi connectivity index (χ0n) is 14.4. The zero-order chi connectivity index (χ0) is 19.5. The van der Waals surface area contributed by atoms with E-state index in [2.05, 4.69) is 0 Å². The van der Waals surface area contributed by atoms with Crippen LogP contribution < -0.4 is 9.80 Å². The van der Waals surface area contributed by atoms with Gasteiger partial charge in [0.15, 0.2) is 0 Å². The van der Waals surface area contributed by atoms with Crippen molar-refractivity contribution in [3.05, 3.63) is 58.7 Å². The van der Waals surface area contributed by atoms with Crippen molar-refractivity contribution in [2.75, 3.05) is 11.3 Å². The molecule has 0 radical (unpaired) electrons. The smallest absolute Gasteiger partial charge is 0.418 e. The van der Waals surface area contributed by atoms with Crippen molar-refractivity contribution in [2.45, 2.75) is 26.6 Å². The lowest BCUT2D eigenvalue weighted by molar-refractivity contribution is -0.137. The van der Waals surface area contributed by atoms with Crippen LogP contribution in [0.3, 0.4) is 0 Å². The van der Waals surface area contributed by atoms with Gasteiger partial charge in [-0.3, -0.25) is 10.0 Å². The van der Waals surface area contributed by atoms with Crippen molar-refractivity contribution in [3.63, 3.8) is 0 Å². The summed E-state index contributed by atoms with van der Waals surface area (Å²) in [5.41, 5.74) is 0.180. The summed E-state index contributed by atoms with van der Waals surface area (Å²) in [6, 6.07) is 8.84. The van der Waals surface area contributed by atoms with Gasteiger partial charge in [-0.2, -0.15) is 18.2 Å². The van der Waals surface area contributed by atoms with Crippen molar-refractivity contribution in [2.24, 2.45) is 0 Å². The van der Waals surface area contributed by atoms with Gasteiger partial charge in [-0.15, -0.1) is 0 Å². The molecule has 0 aromatic heterocycles. The lowest BCUT2D eigenvalue weighted by Crippen LogP contribution is -2.27. The normalized spacial score (nSPS) is 11.3. The van der Waals surface area contributed by atoms with Crippen LogP contribution in [0, 0.1) is 13.8 Å². The molecule has 0 saturated heterocycles. The van der Waals surface area contributed by atoms with E-state index in [4.69, 9.17) is 4.74 Å². The number of para-hydroxylation sites is 1. The number of amides is 1. The van der Waals surface area contributed by atoms with Gasteiger partial charge in [-0.25, -0.2) is 0 Å². The Balaban J connectivity index is 2.42. The lowest BCUT2D eigenvalue weighted by atomic mass is 10.1. The van der Waals surface area contributed by atoms with E-state index in [-0.39, 0.29) is 17.2 Å². The number of ether oxygens (including phenoxy) is 1. The minimum absolute atomic E-state index is 0.0220. The van der Waals surface area contributed by atoms with E-state index in [1.807, 2.05) is 26.0 Å². The van der Waals surface area contributed by atoms with E-state index in [1.54, 1.807) is 6.07 Å². The van der Waals surface area contributed by atoms with Gasteiger partial charge in [-0.1, -0.05) is 41.6 Å². The third-order valence-electron chi connectivity index (χ3n) is 3.70. The van der Waals surface area contributed by atoms with E-state index in [0.29, 0.717) is 17.5 Å². The Hall–Kier alpha value is -2.19. The molecule has 2 aromatic carbocycles. The molecule has 1 amide bonds. The summed E-state index contributed by atoms with van der Waals surface area (Å²) in [5.74, 6) is 0.514. The summed E-state index contributed by atoms with van der Waals surface area (Å²) in [6.07, 6.45) is -3.36. The summed E-state index contributed by atoms with van der Waals surface area (Å²) < 4.78 is 45.6. The van der Waals surface area contributed by atoms with E-state index < -0.39 is 22.7 Å². The minimum atomic E-state index is -4.73. The van der Waals surface area contributed by atoms with Crippen LogP contribution in [0.2, 0.25) is 0 Å². The Bertz CT molecular complexity index is 809. The number of anilines is 1. The van der Waals surface area contributed by atoms with Crippen LogP contribution in [-0.4, -0.2) is 16.7 Å². The van der Waals surface area contributed by atoms with Gasteiger partial charge >= 0.3 is 11.4 Å². The summed E-state index contributed by atoms with van der Waals surface area (Å²) in [6.45, 7) is 3.51. The number of rotatable bonds is 4. The maximum atomic E-state index is 13.3. The number of carbonyl (C=O) groups excluding carboxylic acids is 1. The molecule has 8 heteroatoms. The van der Waals surface area contributed by atoms with Crippen LogP contribution in [0.15, 0.2) is 36.4 Å². The number of halogens is 3. The van der Waals surface area contributed by atoms with Crippen LogP contribution >= 0.6 is 11.8 Å². The summed E-state index contributed by atoms with van der Waals surface area (Å²) in [5, 5.41) is 9.11. The highest BCUT2D eigenvalue weighted by Crippen LogP contribution is 2.39. The molecular formula is C18H18F3NO3S. The van der Waals surface area contributed by atoms with Gasteiger partial charge < -0.3 is 4.74 Å². The number of hydroxylamine groups is 1. The lowest BCUT2D eigenvalue weighted by Gasteiger charge is -2.22. The molecule has 0 aliphatic heterocycles. The maximum Gasteiger partial charge on any atom is 0.418 e. The number of hydrogen-bond acceptors (Lipinski definition) is 4. The van der Waals surface area contributed by atoms with E-state index in [9.17, 15) is 23.2 Å². The molecule has 0 aliphatic rings. The highest BCUT2D eigenvalue weighted by atomic mass is 32.2. The first-order valence-electron chi connectivity index (χ1n) is 7.61. The third kappa shape index (κ3) is 4.50. The molecule has 1 N–H and O–H groups in total. The summed E-state index contributed by atoms with van der Waals surface area (Å²) >= 11 is 0.603. The number of nitrogens with zero attached hydrogens (tertiary/aromatic N) is 1. The maximum absolute atomic E-state index is 13.3. The SMILES string of the molecule is CSC(=O)N(O)c1c(COc2ccc(C)cc2C)cccc1C(F)(F)F. The zero-order valence-corrected chi connectivity index (χ0v) is 15.2. The molecular weight excluding hydrogens is 367 g/mol. The van der Waals surface area contributed by atoms with E-state index >= 15 is 0 Å². The number of benzene rings is 2. The molecule has 0 fully saturated rings. The van der Waals surface area contributed by atoms with Gasteiger partial charge in [-0.05, 0) is 37.8 Å². The van der Waals surface area contributed by atoms with Crippen molar-refractivity contribution in [3.8, 4) is 5.75 Å². The van der Waals surface area contributed by atoms with E-state index in [1.165, 1.54) is 18.4 Å². The third-order valence-corrected chi connectivity index (χ3v) is 4.22. The van der Waals surface area contributed by atoms with Gasteiger partial charge in [0, 0.05) is 5.56 Å². The largest absolute Gasteiger partial charge is 0.489 e. The number of thioether (sulfide) groups is 1. The second-order valence-electron chi connectivity index (χ2n) is 5.65. The molecule has 4 nitrogen and oxygen atoms in total. The predicted molar refractivity (Wildman–Crippen MR) is 94.9 cm³/mol. The molecule has 0 atom stereocenters. The number of aryl methyl sites for hydroxylation is 2. The molecule has 26 heavy (non-hydrogen) atoms. The Labute approximate surface area is 153 Å². The monoisotopic (exact) mass is 385 g/mol. The van der Waals surface area contributed by atoms with Gasteiger partial charge in [0.25, 0.3) is 0 Å². The Morgan fingerprint density at radius 2 is 1.92 bits per heavy atom. The van der Waals surface area contributed by atoms with Crippen LogP contribution in [0.5, 0.6) is 5.75 Å². The summed E-state index contributed by atoms with van der Waals surface area (Å²) in [4.78, 5) is 11.7. The highest BCUT2D eigenvalue weighted by molar-refractivity contribution is 8.13. The Morgan fingerprint density at radius 1 is 1.23 bits per heavy atom. The number of hydrogen-bond donors (Lipinski definition) is 1. The van der Waals surface area contributed by atoms with Crippen LogP contribution in [0.25, 0.3) is 0 Å². The van der Waals surface area contributed by atoms with Crippen LogP contribution in [0.4, 0.5) is 23.7 Å². The van der Waals surface area contributed by atoms with Crippen LogP contribution in [-0.2, 0) is 12.8 Å². The Kier molecular flexibility index (Phi) is 6.20. The molecule has 2 rings (SSSR count). The van der Waals surface area contributed by atoms with Gasteiger partial charge in [0.2, 0.25) is 0 Å². The topological polar surface area (TPSA) is 49.8 Å². The van der Waals surface area contributed by atoms with Crippen molar-refractivity contribution in [1.82, 2.24) is 0 Å². The fourth-order valence-corrected chi connectivity index (χ4v) is 2.75. The molecule has 0 unspecified atom stereocenters. The Morgan fingerprint density at radius 3 is 2.50 bits per heavy atom. The molecule has 0 aliphatic carbocycles. The predicted octanol–water partition coefficient (Wildman–Crippen LogP) is 5.58. The van der Waals surface area contributed by atoms with Gasteiger partial charge in [0.05, 0.1) is 11.3 Å². The number of alkyl halides is 3. The van der Waals surface area contributed by atoms with Crippen LogP contribution in [0.1, 0.15) is 22.3 Å². The van der Waals surface area contributed by atoms with Crippen molar-refractivity contribution >= 4 is 22.7 Å². The first kappa shape index (κ1) is 20.1. The van der Waals surface area contributed by atoms with E-state index in [0.717, 1.165) is 17.2 Å². The molecule has 0 bridgehead atoms. The molecule has 0 saturated carbocycles. The fourth-order valence-electron chi connectivity index (χ4n) is 2.48. The second kappa shape index (κ2) is 8.01. The fraction of sp³-hybridized carbons (Fsp3) is 0.278. The molecule has 0 heterocycles. The first-order valence-corrected chi connectivity index (χ1v) is 8.83. The standard InChI is InChI=1S/C18H18F3NO3S/c1-11-7-8-15(12(2)9-11)25-10-13-5-4-6-14(18(19,20)21)16(13)22(24)17(23)26-3/h4-9,24H,10H2,1-3H3. The number of carbonyl (C=O) groups is 1. The average Bonchev–Trinajstić information content (AvgIpc) is 2.58. The van der Waals surface area contributed by atoms with Crippen molar-refractivity contribution < 1.29 is 27.9 Å². The highest BCUT2D eigenvalue weighted by Gasteiger charge is 2.37. The minimum Gasteiger partial charge on any atom is -0.489 e. The molecule has 2 aromatic rings.